The molecule has 1 atom stereocenters. The summed E-state index contributed by atoms with van der Waals surface area (Å²) < 4.78 is 48.6. The van der Waals surface area contributed by atoms with Gasteiger partial charge in [0.25, 0.3) is 0 Å². The van der Waals surface area contributed by atoms with Crippen LogP contribution >= 0.6 is 0 Å². The fourth-order valence-corrected chi connectivity index (χ4v) is 1.99. The van der Waals surface area contributed by atoms with E-state index in [0.29, 0.717) is 17.9 Å². The number of ether oxygens (including phenoxy) is 2. The zero-order valence-electron chi connectivity index (χ0n) is 11.2. The van der Waals surface area contributed by atoms with Crippen LogP contribution in [0.3, 0.4) is 0 Å². The summed E-state index contributed by atoms with van der Waals surface area (Å²) in [6.07, 6.45) is 1.75. The molecule has 1 fully saturated rings. The Kier molecular flexibility index (Phi) is 6.89. The summed E-state index contributed by atoms with van der Waals surface area (Å²) in [7, 11) is 0. The van der Waals surface area contributed by atoms with Crippen molar-refractivity contribution in [1.29, 1.82) is 0 Å². The number of halogens is 3. The van der Waals surface area contributed by atoms with Gasteiger partial charge in [-0.3, -0.25) is 0 Å². The molecule has 0 spiro atoms. The Hall–Kier alpha value is 0.471. The Bertz CT molecular complexity index is 420. The van der Waals surface area contributed by atoms with E-state index in [1.165, 1.54) is 6.07 Å². The molecule has 1 saturated heterocycles. The molecule has 19 heavy (non-hydrogen) atoms. The second-order valence-corrected chi connectivity index (χ2v) is 4.56. The van der Waals surface area contributed by atoms with Crippen LogP contribution in [0.1, 0.15) is 18.4 Å². The third kappa shape index (κ3) is 5.06. The van der Waals surface area contributed by atoms with Crippen molar-refractivity contribution >= 4 is 12.4 Å². The van der Waals surface area contributed by atoms with Crippen molar-refractivity contribution in [2.24, 2.45) is 0 Å². The Morgan fingerprint density at radius 3 is 2.58 bits per heavy atom. The third-order valence-electron chi connectivity index (χ3n) is 2.99. The quantitative estimate of drug-likeness (QED) is 0.708. The molecule has 0 radical (unpaired) electrons. The van der Waals surface area contributed by atoms with Crippen LogP contribution in [0.5, 0.6) is 5.75 Å². The fraction of sp³-hybridized carbons (Fsp3) is 0.500. The van der Waals surface area contributed by atoms with Crippen LogP contribution in [-0.2, 0) is 4.74 Å². The van der Waals surface area contributed by atoms with Crippen LogP contribution in [0.4, 0.5) is 12.9 Å². The van der Waals surface area contributed by atoms with Gasteiger partial charge < -0.3 is 22.4 Å². The summed E-state index contributed by atoms with van der Waals surface area (Å²) in [6, 6.07) is 3.61. The Balaban J connectivity index is 0.00000180. The molecule has 0 amide bonds. The van der Waals surface area contributed by atoms with Crippen molar-refractivity contribution < 1.29 is 73.8 Å². The Labute approximate surface area is 153 Å². The fourth-order valence-electron chi connectivity index (χ4n) is 1.99. The van der Waals surface area contributed by atoms with Gasteiger partial charge in [0.05, 0.1) is 6.61 Å². The van der Waals surface area contributed by atoms with E-state index in [1.807, 2.05) is 0 Å². The summed E-state index contributed by atoms with van der Waals surface area (Å²) in [5.74, 6) is 0.509. The SMILES string of the molecule is Cc1cc([B-](F)(F)F)ccc1OC1CCCOC1.[K+]. The second kappa shape index (κ2) is 7.47. The molecule has 1 heterocycles. The van der Waals surface area contributed by atoms with Crippen molar-refractivity contribution in [1.82, 2.24) is 0 Å². The average Bonchev–Trinajstić information content (AvgIpc) is 2.32. The van der Waals surface area contributed by atoms with Crippen molar-refractivity contribution in [2.45, 2.75) is 25.9 Å². The van der Waals surface area contributed by atoms with E-state index in [9.17, 15) is 12.9 Å². The summed E-state index contributed by atoms with van der Waals surface area (Å²) >= 11 is 0. The first-order valence-corrected chi connectivity index (χ1v) is 6.02. The van der Waals surface area contributed by atoms with E-state index < -0.39 is 12.4 Å². The molecule has 0 aromatic heterocycles. The molecule has 1 aromatic carbocycles. The van der Waals surface area contributed by atoms with Gasteiger partial charge in [0.15, 0.2) is 0 Å². The molecular weight excluding hydrogens is 283 g/mol. The molecule has 2 nitrogen and oxygen atoms in total. The van der Waals surface area contributed by atoms with E-state index >= 15 is 0 Å². The van der Waals surface area contributed by atoms with Crippen molar-refractivity contribution in [3.05, 3.63) is 23.8 Å². The average molecular weight is 298 g/mol. The second-order valence-electron chi connectivity index (χ2n) is 4.56. The van der Waals surface area contributed by atoms with Crippen molar-refractivity contribution in [3.63, 3.8) is 0 Å². The molecule has 1 aromatic rings. The Morgan fingerprint density at radius 1 is 1.32 bits per heavy atom. The number of hydrogen-bond acceptors (Lipinski definition) is 2. The first-order chi connectivity index (χ1) is 8.47. The maximum Gasteiger partial charge on any atom is 1.00 e. The monoisotopic (exact) mass is 298 g/mol. The van der Waals surface area contributed by atoms with Crippen LogP contribution in [0, 0.1) is 6.92 Å². The molecule has 1 aliphatic rings. The minimum absolute atomic E-state index is 0. The number of hydrogen-bond donors (Lipinski definition) is 0. The molecule has 100 valence electrons. The summed E-state index contributed by atoms with van der Waals surface area (Å²) in [4.78, 5) is 0. The predicted molar refractivity (Wildman–Crippen MR) is 64.4 cm³/mol. The van der Waals surface area contributed by atoms with Gasteiger partial charge in [-0.05, 0) is 31.4 Å². The van der Waals surface area contributed by atoms with Crippen LogP contribution in [0.2, 0.25) is 0 Å². The summed E-state index contributed by atoms with van der Waals surface area (Å²) in [5, 5.41) is 0. The minimum Gasteiger partial charge on any atom is -0.488 e. The smallest absolute Gasteiger partial charge is 0.488 e. The van der Waals surface area contributed by atoms with E-state index in [0.717, 1.165) is 31.6 Å². The standard InChI is InChI=1S/C12H15BF3O2.K/c1-9-7-10(13(14,15)16)4-5-12(9)18-11-3-2-6-17-8-11;/h4-5,7,11H,2-3,6,8H2,1H3;/q-1;+1. The predicted octanol–water partition coefficient (Wildman–Crippen LogP) is -0.389. The molecule has 0 saturated carbocycles. The third-order valence-corrected chi connectivity index (χ3v) is 2.99. The maximum absolute atomic E-state index is 12.6. The van der Waals surface area contributed by atoms with Gasteiger partial charge in [-0.2, -0.15) is 0 Å². The van der Waals surface area contributed by atoms with E-state index in [-0.39, 0.29) is 57.5 Å². The summed E-state index contributed by atoms with van der Waals surface area (Å²) in [6.45, 7) is -2.08. The van der Waals surface area contributed by atoms with Crippen LogP contribution in [0.25, 0.3) is 0 Å². The zero-order chi connectivity index (χ0) is 13.2. The maximum atomic E-state index is 12.6. The Morgan fingerprint density at radius 2 is 2.05 bits per heavy atom. The van der Waals surface area contributed by atoms with Gasteiger partial charge in [-0.1, -0.05) is 12.1 Å². The van der Waals surface area contributed by atoms with E-state index in [4.69, 9.17) is 9.47 Å². The normalized spacial score (nSPS) is 19.7. The van der Waals surface area contributed by atoms with Crippen molar-refractivity contribution in [2.75, 3.05) is 13.2 Å². The van der Waals surface area contributed by atoms with E-state index in [1.54, 1.807) is 6.92 Å². The largest absolute Gasteiger partial charge is 1.00 e. The molecule has 0 aliphatic carbocycles. The van der Waals surface area contributed by atoms with Crippen LogP contribution < -0.4 is 61.6 Å². The van der Waals surface area contributed by atoms with E-state index in [2.05, 4.69) is 0 Å². The molecule has 2 rings (SSSR count). The zero-order valence-corrected chi connectivity index (χ0v) is 14.3. The molecule has 7 heteroatoms. The van der Waals surface area contributed by atoms with Gasteiger partial charge in [0, 0.05) is 6.61 Å². The molecular formula is C12H15BF3KO2. The van der Waals surface area contributed by atoms with Crippen LogP contribution in [-0.4, -0.2) is 26.3 Å². The van der Waals surface area contributed by atoms with Gasteiger partial charge >= 0.3 is 58.4 Å². The van der Waals surface area contributed by atoms with Crippen molar-refractivity contribution in [3.8, 4) is 5.75 Å². The summed E-state index contributed by atoms with van der Waals surface area (Å²) in [5.41, 5.74) is -0.0722. The van der Waals surface area contributed by atoms with Gasteiger partial charge in [0.1, 0.15) is 11.9 Å². The minimum atomic E-state index is -4.94. The topological polar surface area (TPSA) is 18.5 Å². The number of aryl methyl sites for hydroxylation is 1. The number of rotatable bonds is 3. The first kappa shape index (κ1) is 17.5. The first-order valence-electron chi connectivity index (χ1n) is 6.02. The van der Waals surface area contributed by atoms with Gasteiger partial charge in [-0.25, -0.2) is 0 Å². The molecule has 1 unspecified atom stereocenters. The molecule has 0 N–H and O–H groups in total. The van der Waals surface area contributed by atoms with Gasteiger partial charge in [0.2, 0.25) is 0 Å². The van der Waals surface area contributed by atoms with Gasteiger partial charge in [-0.15, -0.1) is 5.46 Å². The molecule has 1 aliphatic heterocycles. The number of benzene rings is 1. The molecule has 0 bridgehead atoms. The van der Waals surface area contributed by atoms with Crippen LogP contribution in [0.15, 0.2) is 18.2 Å².